The normalized spacial score (nSPS) is 11.8. The minimum absolute atomic E-state index is 0.358. The average molecular weight is 232 g/mol. The van der Waals surface area contributed by atoms with E-state index in [9.17, 15) is 0 Å². The van der Waals surface area contributed by atoms with Crippen molar-refractivity contribution in [2.45, 2.75) is 32.7 Å². The van der Waals surface area contributed by atoms with Crippen molar-refractivity contribution in [2.75, 3.05) is 0 Å². The molecule has 0 aliphatic heterocycles. The average Bonchev–Trinajstić information content (AvgIpc) is 2.64. The van der Waals surface area contributed by atoms with E-state index in [4.69, 9.17) is 10.3 Å². The lowest BCUT2D eigenvalue weighted by Gasteiger charge is -2.14. The summed E-state index contributed by atoms with van der Waals surface area (Å²) in [5, 5.41) is 3.93. The van der Waals surface area contributed by atoms with Crippen molar-refractivity contribution in [1.82, 2.24) is 15.1 Å². The summed E-state index contributed by atoms with van der Waals surface area (Å²) in [4.78, 5) is 8.55. The van der Waals surface area contributed by atoms with Crippen LogP contribution in [0, 0.1) is 6.92 Å². The van der Waals surface area contributed by atoms with Crippen LogP contribution in [0.5, 0.6) is 0 Å². The highest BCUT2D eigenvalue weighted by molar-refractivity contribution is 5.53. The van der Waals surface area contributed by atoms with Gasteiger partial charge in [0.1, 0.15) is 5.69 Å². The highest BCUT2D eigenvalue weighted by atomic mass is 16.5. The molecule has 0 saturated heterocycles. The third-order valence-corrected chi connectivity index (χ3v) is 2.30. The highest BCUT2D eigenvalue weighted by Gasteiger charge is 2.18. The molecule has 2 rings (SSSR count). The molecule has 5 nitrogen and oxygen atoms in total. The third kappa shape index (κ3) is 2.88. The van der Waals surface area contributed by atoms with Gasteiger partial charge in [-0.1, -0.05) is 11.2 Å². The van der Waals surface area contributed by atoms with Gasteiger partial charge in [0.25, 0.3) is 0 Å². The fraction of sp³-hybridized carbons (Fsp3) is 0.417. The fourth-order valence-electron chi connectivity index (χ4n) is 1.53. The molecule has 90 valence electrons. The first-order chi connectivity index (χ1) is 7.96. The zero-order chi connectivity index (χ0) is 12.5. The molecule has 0 bridgehead atoms. The van der Waals surface area contributed by atoms with Crippen molar-refractivity contribution in [1.29, 1.82) is 0 Å². The monoisotopic (exact) mass is 232 g/mol. The number of hydrogen-bond acceptors (Lipinski definition) is 5. The Morgan fingerprint density at radius 2 is 2.18 bits per heavy atom. The van der Waals surface area contributed by atoms with Gasteiger partial charge in [-0.05, 0) is 32.4 Å². The topological polar surface area (TPSA) is 77.8 Å². The molecule has 0 unspecified atom stereocenters. The Labute approximate surface area is 100 Å². The molecular formula is C12H16N4O. The first-order valence-corrected chi connectivity index (χ1v) is 5.49. The molecule has 5 heteroatoms. The van der Waals surface area contributed by atoms with Crippen molar-refractivity contribution in [3.63, 3.8) is 0 Å². The summed E-state index contributed by atoms with van der Waals surface area (Å²) >= 11 is 0. The maximum Gasteiger partial charge on any atom is 0.228 e. The van der Waals surface area contributed by atoms with Crippen molar-refractivity contribution in [3.8, 4) is 11.5 Å². The van der Waals surface area contributed by atoms with Crippen LogP contribution < -0.4 is 5.73 Å². The van der Waals surface area contributed by atoms with E-state index in [-0.39, 0.29) is 5.54 Å². The van der Waals surface area contributed by atoms with E-state index in [0.29, 0.717) is 18.1 Å². The molecular weight excluding hydrogens is 216 g/mol. The smallest absolute Gasteiger partial charge is 0.228 e. The summed E-state index contributed by atoms with van der Waals surface area (Å²) in [5.74, 6) is 1.06. The third-order valence-electron chi connectivity index (χ3n) is 2.30. The van der Waals surface area contributed by atoms with Gasteiger partial charge in [0, 0.05) is 18.2 Å². The Hall–Kier alpha value is -1.75. The van der Waals surface area contributed by atoms with Gasteiger partial charge in [0.15, 0.2) is 0 Å². The molecule has 2 aromatic rings. The van der Waals surface area contributed by atoms with E-state index in [1.807, 2.05) is 32.9 Å². The lowest BCUT2D eigenvalue weighted by Crippen LogP contribution is -2.34. The SMILES string of the molecule is Cc1cccnc1-c1noc(CC(C)(C)N)n1. The minimum atomic E-state index is -0.358. The van der Waals surface area contributed by atoms with E-state index < -0.39 is 0 Å². The zero-order valence-electron chi connectivity index (χ0n) is 10.3. The van der Waals surface area contributed by atoms with Gasteiger partial charge >= 0.3 is 0 Å². The van der Waals surface area contributed by atoms with Crippen LogP contribution in [0.15, 0.2) is 22.9 Å². The Balaban J connectivity index is 2.28. The number of aryl methyl sites for hydroxylation is 1. The van der Waals surface area contributed by atoms with Gasteiger partial charge in [-0.3, -0.25) is 4.98 Å². The number of nitrogens with two attached hydrogens (primary N) is 1. The standard InChI is InChI=1S/C12H16N4O/c1-8-5-4-6-14-10(8)11-15-9(17-16-11)7-12(2,3)13/h4-6H,7,13H2,1-3H3. The molecule has 0 spiro atoms. The quantitative estimate of drug-likeness (QED) is 0.871. The van der Waals surface area contributed by atoms with Crippen molar-refractivity contribution >= 4 is 0 Å². The summed E-state index contributed by atoms with van der Waals surface area (Å²) in [6, 6.07) is 3.84. The predicted octanol–water partition coefficient (Wildman–Crippen LogP) is 1.72. The van der Waals surface area contributed by atoms with E-state index in [0.717, 1.165) is 11.3 Å². The van der Waals surface area contributed by atoms with Crippen LogP contribution in [0.3, 0.4) is 0 Å². The molecule has 0 amide bonds. The molecule has 0 aliphatic carbocycles. The lowest BCUT2D eigenvalue weighted by molar-refractivity contribution is 0.348. The maximum absolute atomic E-state index is 5.90. The Morgan fingerprint density at radius 1 is 1.41 bits per heavy atom. The van der Waals surface area contributed by atoms with E-state index >= 15 is 0 Å². The van der Waals surface area contributed by atoms with Crippen LogP contribution in [-0.4, -0.2) is 20.7 Å². The second kappa shape index (κ2) is 4.25. The van der Waals surface area contributed by atoms with Crippen molar-refractivity contribution in [3.05, 3.63) is 29.8 Å². The van der Waals surface area contributed by atoms with Gasteiger partial charge in [-0.15, -0.1) is 0 Å². The second-order valence-electron chi connectivity index (χ2n) is 4.85. The largest absolute Gasteiger partial charge is 0.339 e. The van der Waals surface area contributed by atoms with E-state index in [1.165, 1.54) is 0 Å². The van der Waals surface area contributed by atoms with E-state index in [2.05, 4.69) is 15.1 Å². The van der Waals surface area contributed by atoms with Crippen LogP contribution in [0.1, 0.15) is 25.3 Å². The highest BCUT2D eigenvalue weighted by Crippen LogP contribution is 2.18. The van der Waals surface area contributed by atoms with Crippen LogP contribution in [0.25, 0.3) is 11.5 Å². The zero-order valence-corrected chi connectivity index (χ0v) is 10.3. The van der Waals surface area contributed by atoms with Gasteiger partial charge in [-0.25, -0.2) is 0 Å². The molecule has 2 aromatic heterocycles. The number of aromatic nitrogens is 3. The molecule has 17 heavy (non-hydrogen) atoms. The number of rotatable bonds is 3. The molecule has 2 heterocycles. The summed E-state index contributed by atoms with van der Waals surface area (Å²) in [5.41, 5.74) is 7.31. The molecule has 0 atom stereocenters. The van der Waals surface area contributed by atoms with Gasteiger partial charge in [0.05, 0.1) is 0 Å². The first kappa shape index (κ1) is 11.7. The Kier molecular flexibility index (Phi) is 2.93. The van der Waals surface area contributed by atoms with Gasteiger partial charge < -0.3 is 10.3 Å². The summed E-state index contributed by atoms with van der Waals surface area (Å²) in [6.45, 7) is 5.80. The number of pyridine rings is 1. The summed E-state index contributed by atoms with van der Waals surface area (Å²) in [7, 11) is 0. The molecule has 0 radical (unpaired) electrons. The van der Waals surface area contributed by atoms with Crippen LogP contribution in [0.4, 0.5) is 0 Å². The Bertz CT molecular complexity index is 513. The predicted molar refractivity (Wildman–Crippen MR) is 64.2 cm³/mol. The Morgan fingerprint density at radius 3 is 2.82 bits per heavy atom. The summed E-state index contributed by atoms with van der Waals surface area (Å²) < 4.78 is 5.17. The molecule has 0 fully saturated rings. The maximum atomic E-state index is 5.90. The molecule has 0 aromatic carbocycles. The van der Waals surface area contributed by atoms with Crippen molar-refractivity contribution in [2.24, 2.45) is 5.73 Å². The molecule has 2 N–H and O–H groups in total. The lowest BCUT2D eigenvalue weighted by atomic mass is 10.0. The molecule has 0 saturated carbocycles. The number of nitrogens with zero attached hydrogens (tertiary/aromatic N) is 3. The fourth-order valence-corrected chi connectivity index (χ4v) is 1.53. The summed E-state index contributed by atoms with van der Waals surface area (Å²) in [6.07, 6.45) is 2.26. The first-order valence-electron chi connectivity index (χ1n) is 5.49. The van der Waals surface area contributed by atoms with Crippen LogP contribution in [-0.2, 0) is 6.42 Å². The minimum Gasteiger partial charge on any atom is -0.339 e. The molecule has 0 aliphatic rings. The van der Waals surface area contributed by atoms with Gasteiger partial charge in [-0.2, -0.15) is 4.98 Å². The van der Waals surface area contributed by atoms with Crippen LogP contribution in [0.2, 0.25) is 0 Å². The van der Waals surface area contributed by atoms with Gasteiger partial charge in [0.2, 0.25) is 11.7 Å². The van der Waals surface area contributed by atoms with Crippen LogP contribution >= 0.6 is 0 Å². The second-order valence-corrected chi connectivity index (χ2v) is 4.85. The number of hydrogen-bond donors (Lipinski definition) is 1. The van der Waals surface area contributed by atoms with E-state index in [1.54, 1.807) is 6.20 Å². The van der Waals surface area contributed by atoms with Crippen molar-refractivity contribution < 1.29 is 4.52 Å².